The Morgan fingerprint density at radius 2 is 1.63 bits per heavy atom. The van der Waals surface area contributed by atoms with Gasteiger partial charge in [-0.3, -0.25) is 4.79 Å². The van der Waals surface area contributed by atoms with Gasteiger partial charge >= 0.3 is 5.97 Å². The van der Waals surface area contributed by atoms with Gasteiger partial charge in [0.25, 0.3) is 5.91 Å². The molecule has 8 heteroatoms. The van der Waals surface area contributed by atoms with Gasteiger partial charge in [0.2, 0.25) is 0 Å². The van der Waals surface area contributed by atoms with Crippen molar-refractivity contribution in [2.75, 3.05) is 6.61 Å². The van der Waals surface area contributed by atoms with Gasteiger partial charge in [0.05, 0.1) is 18.0 Å². The van der Waals surface area contributed by atoms with E-state index in [-0.39, 0.29) is 24.8 Å². The number of esters is 1. The highest BCUT2D eigenvalue weighted by Gasteiger charge is 2.18. The number of hydrogen-bond acceptors (Lipinski definition) is 4. The van der Waals surface area contributed by atoms with E-state index in [1.54, 1.807) is 41.9 Å². The standard InChI is InChI=1S/C30H23F2N3O3/c1-2-38-30(37)27-17-28(23-9-8-20-5-3-4-6-22(20)16-23)35(34-27)24-12-10-21(11-13-24)29(36)33-18-19-7-14-25(31)26(32)15-19/h3-17H,2,18H2,1H3,(H,33,36). The second kappa shape index (κ2) is 10.6. The molecule has 1 aromatic heterocycles. The third kappa shape index (κ3) is 5.15. The van der Waals surface area contributed by atoms with Gasteiger partial charge in [-0.25, -0.2) is 18.3 Å². The van der Waals surface area contributed by atoms with Crippen LogP contribution in [-0.4, -0.2) is 28.3 Å². The number of halogens is 2. The quantitative estimate of drug-likeness (QED) is 0.269. The van der Waals surface area contributed by atoms with Crippen LogP contribution in [0, 0.1) is 11.6 Å². The summed E-state index contributed by atoms with van der Waals surface area (Å²) >= 11 is 0. The molecular formula is C30H23F2N3O3. The summed E-state index contributed by atoms with van der Waals surface area (Å²) in [6, 6.07) is 25.8. The van der Waals surface area contributed by atoms with Crippen molar-refractivity contribution in [3.05, 3.63) is 119 Å². The van der Waals surface area contributed by atoms with E-state index >= 15 is 0 Å². The molecule has 0 saturated carbocycles. The predicted molar refractivity (Wildman–Crippen MR) is 140 cm³/mol. The van der Waals surface area contributed by atoms with Crippen molar-refractivity contribution in [1.82, 2.24) is 15.1 Å². The van der Waals surface area contributed by atoms with Gasteiger partial charge in [0.15, 0.2) is 17.3 Å². The molecule has 1 N–H and O–H groups in total. The molecule has 1 amide bonds. The summed E-state index contributed by atoms with van der Waals surface area (Å²) in [6.07, 6.45) is 0. The van der Waals surface area contributed by atoms with Crippen LogP contribution in [0.4, 0.5) is 8.78 Å². The molecule has 4 aromatic carbocycles. The van der Waals surface area contributed by atoms with E-state index in [9.17, 15) is 18.4 Å². The second-order valence-corrected chi connectivity index (χ2v) is 8.59. The number of hydrogen-bond donors (Lipinski definition) is 1. The topological polar surface area (TPSA) is 73.2 Å². The van der Waals surface area contributed by atoms with Gasteiger partial charge in [-0.1, -0.05) is 42.5 Å². The van der Waals surface area contributed by atoms with E-state index in [2.05, 4.69) is 10.4 Å². The molecule has 5 rings (SSSR count). The number of carbonyl (C=O) groups is 2. The average Bonchev–Trinajstić information content (AvgIpc) is 3.39. The molecule has 38 heavy (non-hydrogen) atoms. The number of carbonyl (C=O) groups excluding carboxylic acids is 2. The van der Waals surface area contributed by atoms with Crippen molar-refractivity contribution >= 4 is 22.6 Å². The van der Waals surface area contributed by atoms with Crippen LogP contribution < -0.4 is 5.32 Å². The maximum Gasteiger partial charge on any atom is 0.358 e. The fourth-order valence-corrected chi connectivity index (χ4v) is 4.12. The first-order valence-electron chi connectivity index (χ1n) is 12.0. The summed E-state index contributed by atoms with van der Waals surface area (Å²) in [4.78, 5) is 25.1. The predicted octanol–water partition coefficient (Wildman–Crippen LogP) is 6.08. The number of nitrogens with one attached hydrogen (secondary N) is 1. The number of amides is 1. The van der Waals surface area contributed by atoms with Crippen LogP contribution in [0.1, 0.15) is 33.3 Å². The minimum absolute atomic E-state index is 0.0476. The maximum atomic E-state index is 13.4. The largest absolute Gasteiger partial charge is 0.461 e. The number of benzene rings is 4. The molecule has 0 fully saturated rings. The summed E-state index contributed by atoms with van der Waals surface area (Å²) in [5.74, 6) is -2.81. The van der Waals surface area contributed by atoms with Crippen LogP contribution >= 0.6 is 0 Å². The third-order valence-corrected chi connectivity index (χ3v) is 6.05. The molecule has 0 spiro atoms. The fourth-order valence-electron chi connectivity index (χ4n) is 4.12. The van der Waals surface area contributed by atoms with Crippen LogP contribution in [0.2, 0.25) is 0 Å². The lowest BCUT2D eigenvalue weighted by Crippen LogP contribution is -2.22. The molecule has 0 saturated heterocycles. The number of rotatable bonds is 7. The lowest BCUT2D eigenvalue weighted by Gasteiger charge is -2.10. The molecule has 0 aliphatic heterocycles. The highest BCUT2D eigenvalue weighted by Crippen LogP contribution is 2.28. The highest BCUT2D eigenvalue weighted by atomic mass is 19.2. The van der Waals surface area contributed by atoms with Gasteiger partial charge in [0, 0.05) is 17.7 Å². The lowest BCUT2D eigenvalue weighted by atomic mass is 10.0. The van der Waals surface area contributed by atoms with Crippen molar-refractivity contribution < 1.29 is 23.1 Å². The minimum Gasteiger partial charge on any atom is -0.461 e. The zero-order chi connectivity index (χ0) is 26.6. The summed E-state index contributed by atoms with van der Waals surface area (Å²) in [6.45, 7) is 2.01. The highest BCUT2D eigenvalue weighted by molar-refractivity contribution is 5.94. The smallest absolute Gasteiger partial charge is 0.358 e. The summed E-state index contributed by atoms with van der Waals surface area (Å²) < 4.78 is 33.4. The number of ether oxygens (including phenoxy) is 1. The van der Waals surface area contributed by atoms with E-state index < -0.39 is 17.6 Å². The summed E-state index contributed by atoms with van der Waals surface area (Å²) in [5, 5.41) is 9.33. The Labute approximate surface area is 217 Å². The molecule has 0 atom stereocenters. The van der Waals surface area contributed by atoms with Gasteiger partial charge in [-0.05, 0) is 71.8 Å². The molecule has 0 aliphatic rings. The molecule has 1 heterocycles. The van der Waals surface area contributed by atoms with Crippen LogP contribution in [-0.2, 0) is 11.3 Å². The van der Waals surface area contributed by atoms with E-state index in [1.807, 2.05) is 42.5 Å². The first kappa shape index (κ1) is 24.8. The molecule has 0 aliphatic carbocycles. The first-order chi connectivity index (χ1) is 18.4. The van der Waals surface area contributed by atoms with Crippen molar-refractivity contribution in [2.24, 2.45) is 0 Å². The third-order valence-electron chi connectivity index (χ3n) is 6.05. The van der Waals surface area contributed by atoms with E-state index in [1.165, 1.54) is 6.07 Å². The molecule has 5 aromatic rings. The van der Waals surface area contributed by atoms with Crippen LogP contribution in [0.15, 0.2) is 91.0 Å². The van der Waals surface area contributed by atoms with E-state index in [0.29, 0.717) is 22.5 Å². The van der Waals surface area contributed by atoms with E-state index in [0.717, 1.165) is 28.5 Å². The average molecular weight is 512 g/mol. The molecular weight excluding hydrogens is 488 g/mol. The Balaban J connectivity index is 1.43. The van der Waals surface area contributed by atoms with Gasteiger partial charge in [-0.2, -0.15) is 5.10 Å². The summed E-state index contributed by atoms with van der Waals surface area (Å²) in [7, 11) is 0. The van der Waals surface area contributed by atoms with Crippen LogP contribution in [0.5, 0.6) is 0 Å². The SMILES string of the molecule is CCOC(=O)c1cc(-c2ccc3ccccc3c2)n(-c2ccc(C(=O)NCc3ccc(F)c(F)c3)cc2)n1. The Morgan fingerprint density at radius 1 is 0.868 bits per heavy atom. The molecule has 6 nitrogen and oxygen atoms in total. The molecule has 190 valence electrons. The lowest BCUT2D eigenvalue weighted by molar-refractivity contribution is 0.0518. The van der Waals surface area contributed by atoms with Crippen molar-refractivity contribution in [3.8, 4) is 16.9 Å². The molecule has 0 unspecified atom stereocenters. The number of aromatic nitrogens is 2. The monoisotopic (exact) mass is 511 g/mol. The van der Waals surface area contributed by atoms with Crippen molar-refractivity contribution in [1.29, 1.82) is 0 Å². The van der Waals surface area contributed by atoms with Crippen LogP contribution in [0.25, 0.3) is 27.7 Å². The Kier molecular flexibility index (Phi) is 6.95. The Hall–Kier alpha value is -4.85. The maximum absolute atomic E-state index is 13.4. The molecule has 0 radical (unpaired) electrons. The van der Waals surface area contributed by atoms with Crippen molar-refractivity contribution in [3.63, 3.8) is 0 Å². The van der Waals surface area contributed by atoms with Crippen LogP contribution in [0.3, 0.4) is 0 Å². The number of fused-ring (bicyclic) bond motifs is 1. The van der Waals surface area contributed by atoms with Crippen molar-refractivity contribution in [2.45, 2.75) is 13.5 Å². The normalized spacial score (nSPS) is 10.9. The number of nitrogens with zero attached hydrogens (tertiary/aromatic N) is 2. The minimum atomic E-state index is -0.968. The molecule has 0 bridgehead atoms. The Bertz CT molecular complexity index is 1640. The summed E-state index contributed by atoms with van der Waals surface area (Å²) in [5.41, 5.74) is 3.18. The Morgan fingerprint density at radius 3 is 2.37 bits per heavy atom. The zero-order valence-electron chi connectivity index (χ0n) is 20.4. The van der Waals surface area contributed by atoms with E-state index in [4.69, 9.17) is 4.74 Å². The first-order valence-corrected chi connectivity index (χ1v) is 12.0. The van der Waals surface area contributed by atoms with Gasteiger partial charge in [0.1, 0.15) is 0 Å². The van der Waals surface area contributed by atoms with Gasteiger partial charge < -0.3 is 10.1 Å². The zero-order valence-corrected chi connectivity index (χ0v) is 20.4. The fraction of sp³-hybridized carbons (Fsp3) is 0.100. The van der Waals surface area contributed by atoms with Gasteiger partial charge in [-0.15, -0.1) is 0 Å². The second-order valence-electron chi connectivity index (χ2n) is 8.59.